The van der Waals surface area contributed by atoms with Crippen molar-refractivity contribution in [1.29, 1.82) is 0 Å². The molecule has 0 radical (unpaired) electrons. The van der Waals surface area contributed by atoms with Crippen molar-refractivity contribution in [3.05, 3.63) is 0 Å². The van der Waals surface area contributed by atoms with Gasteiger partial charge < -0.3 is 4.90 Å². The molecule has 2 atom stereocenters. The van der Waals surface area contributed by atoms with Crippen LogP contribution in [0.25, 0.3) is 0 Å². The minimum absolute atomic E-state index is 0.224. The number of rotatable bonds is 6. The molecular formula is C16H26N4O. The van der Waals surface area contributed by atoms with E-state index >= 15 is 0 Å². The maximum atomic E-state index is 12.4. The third-order valence-electron chi connectivity index (χ3n) is 4.61. The largest absolute Gasteiger partial charge is 0.340 e. The van der Waals surface area contributed by atoms with E-state index in [4.69, 9.17) is 6.42 Å². The Bertz CT molecular complexity index is 436. The highest BCUT2D eigenvalue weighted by Gasteiger charge is 2.40. The van der Waals surface area contributed by atoms with E-state index in [1.165, 1.54) is 0 Å². The van der Waals surface area contributed by atoms with Gasteiger partial charge in [-0.15, -0.1) is 12.3 Å². The van der Waals surface area contributed by atoms with Crippen LogP contribution >= 0.6 is 0 Å². The number of hydrogen-bond donors (Lipinski definition) is 0. The van der Waals surface area contributed by atoms with E-state index in [-0.39, 0.29) is 11.6 Å². The van der Waals surface area contributed by atoms with Crippen molar-refractivity contribution < 1.29 is 4.79 Å². The van der Waals surface area contributed by atoms with Gasteiger partial charge in [0.15, 0.2) is 5.66 Å². The van der Waals surface area contributed by atoms with E-state index in [2.05, 4.69) is 41.8 Å². The summed E-state index contributed by atoms with van der Waals surface area (Å²) < 4.78 is 0. The molecule has 1 saturated heterocycles. The lowest BCUT2D eigenvalue weighted by Gasteiger charge is -2.44. The Morgan fingerprint density at radius 3 is 2.38 bits per heavy atom. The summed E-state index contributed by atoms with van der Waals surface area (Å²) in [4.78, 5) is 16.9. The monoisotopic (exact) mass is 290 g/mol. The van der Waals surface area contributed by atoms with Crippen molar-refractivity contribution in [2.24, 2.45) is 10.2 Å². The van der Waals surface area contributed by atoms with Crippen LogP contribution in [0.5, 0.6) is 0 Å². The molecular weight excluding hydrogens is 264 g/mol. The Balaban J connectivity index is 1.80. The molecule has 0 aromatic heterocycles. The Morgan fingerprint density at radius 1 is 1.29 bits per heavy atom. The fourth-order valence-corrected chi connectivity index (χ4v) is 3.32. The number of carbonyl (C=O) groups excluding carboxylic acids is 1. The zero-order chi connectivity index (χ0) is 15.5. The summed E-state index contributed by atoms with van der Waals surface area (Å²) in [5.74, 6) is 2.84. The van der Waals surface area contributed by atoms with E-state index in [0.29, 0.717) is 31.3 Å². The number of hydrogen-bond acceptors (Lipinski definition) is 4. The Hall–Kier alpha value is -1.41. The third-order valence-corrected chi connectivity index (χ3v) is 4.61. The molecule has 2 aliphatic rings. The second kappa shape index (κ2) is 6.57. The lowest BCUT2D eigenvalue weighted by Crippen LogP contribution is -2.57. The van der Waals surface area contributed by atoms with Gasteiger partial charge in [-0.2, -0.15) is 10.2 Å². The predicted molar refractivity (Wildman–Crippen MR) is 82.8 cm³/mol. The van der Waals surface area contributed by atoms with Gasteiger partial charge in [-0.3, -0.25) is 9.69 Å². The van der Waals surface area contributed by atoms with Gasteiger partial charge in [0, 0.05) is 50.9 Å². The molecule has 0 bridgehead atoms. The zero-order valence-corrected chi connectivity index (χ0v) is 13.4. The molecule has 0 unspecified atom stereocenters. The summed E-state index contributed by atoms with van der Waals surface area (Å²) in [6, 6.07) is 0.849. The van der Waals surface area contributed by atoms with Crippen LogP contribution in [0.4, 0.5) is 0 Å². The van der Waals surface area contributed by atoms with E-state index in [9.17, 15) is 4.79 Å². The SMILES string of the molecule is C#CCCC1(CCC(=O)N2C[C@@H](C)N(CC)[C@@H](C)C2)N=N1. The Kier molecular flexibility index (Phi) is 5.00. The smallest absolute Gasteiger partial charge is 0.222 e. The van der Waals surface area contributed by atoms with Crippen molar-refractivity contribution in [2.75, 3.05) is 19.6 Å². The summed E-state index contributed by atoms with van der Waals surface area (Å²) in [5, 5.41) is 8.19. The quantitative estimate of drug-likeness (QED) is 0.705. The number of piperazine rings is 1. The van der Waals surface area contributed by atoms with Crippen molar-refractivity contribution >= 4 is 5.91 Å². The first-order valence-electron chi connectivity index (χ1n) is 7.92. The molecule has 1 amide bonds. The van der Waals surface area contributed by atoms with Crippen molar-refractivity contribution in [3.63, 3.8) is 0 Å². The molecule has 2 rings (SSSR count). The molecule has 116 valence electrons. The maximum Gasteiger partial charge on any atom is 0.222 e. The number of likely N-dealkylation sites (N-methyl/N-ethyl adjacent to an activating group) is 1. The van der Waals surface area contributed by atoms with Crippen LogP contribution in [-0.2, 0) is 4.79 Å². The fourth-order valence-electron chi connectivity index (χ4n) is 3.32. The predicted octanol–water partition coefficient (Wildman–Crippen LogP) is 2.28. The second-order valence-corrected chi connectivity index (χ2v) is 6.21. The second-order valence-electron chi connectivity index (χ2n) is 6.21. The summed E-state index contributed by atoms with van der Waals surface area (Å²) >= 11 is 0. The molecule has 0 N–H and O–H groups in total. The van der Waals surface area contributed by atoms with Crippen molar-refractivity contribution in [3.8, 4) is 12.3 Å². The average molecular weight is 290 g/mol. The number of carbonyl (C=O) groups is 1. The van der Waals surface area contributed by atoms with Gasteiger partial charge >= 0.3 is 0 Å². The van der Waals surface area contributed by atoms with E-state index in [1.54, 1.807) is 0 Å². The number of amides is 1. The summed E-state index contributed by atoms with van der Waals surface area (Å²) in [7, 11) is 0. The molecule has 0 saturated carbocycles. The van der Waals surface area contributed by atoms with Gasteiger partial charge in [-0.25, -0.2) is 0 Å². The van der Waals surface area contributed by atoms with Gasteiger partial charge in [0.2, 0.25) is 5.91 Å². The van der Waals surface area contributed by atoms with Crippen LogP contribution in [0.2, 0.25) is 0 Å². The lowest BCUT2D eigenvalue weighted by molar-refractivity contribution is -0.135. The molecule has 1 fully saturated rings. The molecule has 5 nitrogen and oxygen atoms in total. The van der Waals surface area contributed by atoms with Gasteiger partial charge in [-0.1, -0.05) is 6.92 Å². The molecule has 2 aliphatic heterocycles. The van der Waals surface area contributed by atoms with Gasteiger partial charge in [0.25, 0.3) is 0 Å². The zero-order valence-electron chi connectivity index (χ0n) is 13.4. The molecule has 0 aromatic carbocycles. The highest BCUT2D eigenvalue weighted by atomic mass is 16.2. The Morgan fingerprint density at radius 2 is 1.90 bits per heavy atom. The van der Waals surface area contributed by atoms with Crippen LogP contribution in [0.15, 0.2) is 10.2 Å². The van der Waals surface area contributed by atoms with Crippen LogP contribution in [-0.4, -0.2) is 53.1 Å². The maximum absolute atomic E-state index is 12.4. The molecule has 5 heteroatoms. The summed E-state index contributed by atoms with van der Waals surface area (Å²) in [6.45, 7) is 9.25. The molecule has 0 spiro atoms. The first kappa shape index (κ1) is 16.0. The lowest BCUT2D eigenvalue weighted by atomic mass is 10.0. The average Bonchev–Trinajstić information content (AvgIpc) is 3.23. The molecule has 0 aromatic rings. The summed E-state index contributed by atoms with van der Waals surface area (Å²) in [6.07, 6.45) is 7.94. The van der Waals surface area contributed by atoms with Gasteiger partial charge in [-0.05, 0) is 20.4 Å². The van der Waals surface area contributed by atoms with Gasteiger partial charge in [0.1, 0.15) is 0 Å². The van der Waals surface area contributed by atoms with Crippen molar-refractivity contribution in [2.45, 2.75) is 64.2 Å². The standard InChI is InChI=1S/C16H26N4O/c1-5-7-9-16(17-18-16)10-8-15(21)19-11-13(3)20(6-2)14(4)12-19/h1,13-14H,6-12H2,2-4H3/t13-,14+. The van der Waals surface area contributed by atoms with Gasteiger partial charge in [0.05, 0.1) is 0 Å². The first-order chi connectivity index (χ1) is 10.0. The minimum Gasteiger partial charge on any atom is -0.340 e. The van der Waals surface area contributed by atoms with Crippen LogP contribution < -0.4 is 0 Å². The highest BCUT2D eigenvalue weighted by Crippen LogP contribution is 2.37. The third kappa shape index (κ3) is 3.82. The Labute approximate surface area is 127 Å². The van der Waals surface area contributed by atoms with Crippen LogP contribution in [0.3, 0.4) is 0 Å². The number of nitrogens with zero attached hydrogens (tertiary/aromatic N) is 4. The van der Waals surface area contributed by atoms with E-state index in [0.717, 1.165) is 26.1 Å². The normalized spacial score (nSPS) is 27.4. The van der Waals surface area contributed by atoms with Crippen molar-refractivity contribution in [1.82, 2.24) is 9.80 Å². The van der Waals surface area contributed by atoms with Crippen LogP contribution in [0.1, 0.15) is 46.5 Å². The molecule has 2 heterocycles. The highest BCUT2D eigenvalue weighted by molar-refractivity contribution is 5.76. The topological polar surface area (TPSA) is 48.3 Å². The molecule has 21 heavy (non-hydrogen) atoms. The molecule has 0 aliphatic carbocycles. The minimum atomic E-state index is -0.343. The number of terminal acetylenes is 1. The van der Waals surface area contributed by atoms with E-state index < -0.39 is 0 Å². The van der Waals surface area contributed by atoms with E-state index in [1.807, 2.05) is 4.90 Å². The summed E-state index contributed by atoms with van der Waals surface area (Å²) in [5.41, 5.74) is -0.343. The fraction of sp³-hybridized carbons (Fsp3) is 0.812. The van der Waals surface area contributed by atoms with Crippen LogP contribution in [0, 0.1) is 12.3 Å². The first-order valence-corrected chi connectivity index (χ1v) is 7.92.